The first-order valence-electron chi connectivity index (χ1n) is 16.3. The Kier molecular flexibility index (Phi) is 7.85. The van der Waals surface area contributed by atoms with E-state index >= 15 is 0 Å². The van der Waals surface area contributed by atoms with Crippen LogP contribution in [0.2, 0.25) is 0 Å². The molecule has 0 atom stereocenters. The van der Waals surface area contributed by atoms with Gasteiger partial charge in [-0.1, -0.05) is 98.7 Å². The van der Waals surface area contributed by atoms with Crippen molar-refractivity contribution in [1.29, 1.82) is 0 Å². The third kappa shape index (κ3) is 5.37. The molecule has 4 heterocycles. The fourth-order valence-corrected chi connectivity index (χ4v) is 6.66. The average Bonchev–Trinajstić information content (AvgIpc) is 3.71. The van der Waals surface area contributed by atoms with E-state index in [1.807, 2.05) is 58.3 Å². The van der Waals surface area contributed by atoms with E-state index < -0.39 is 0 Å². The third-order valence-corrected chi connectivity index (χ3v) is 9.06. The Hall–Kier alpha value is -5.58. The molecule has 0 spiro atoms. The summed E-state index contributed by atoms with van der Waals surface area (Å²) in [5.41, 5.74) is 8.16. The number of aliphatic imine (C=N–C) groups is 1. The molecular formula is C43H31N5OPt-2. The van der Waals surface area contributed by atoms with Gasteiger partial charge in [0.2, 0.25) is 5.84 Å². The van der Waals surface area contributed by atoms with Crippen LogP contribution in [-0.4, -0.2) is 26.3 Å². The fraction of sp³-hybridized carbons (Fsp3) is 0.0930. The number of benzene rings is 5. The SMILES string of the molecule is CC(C)(C)c1ccnc(-n2c3[c-]c(Oc4[c-]c(N5[C-]=[N+]6C=CN=C6c6ccccc6-c6ccccc65)ccc4)ccc3c3ccccc32)c1.[Pt]. The van der Waals surface area contributed by atoms with E-state index in [0.717, 1.165) is 61.5 Å². The maximum absolute atomic E-state index is 6.52. The Bertz CT molecular complexity index is 2540. The molecule has 6 nitrogen and oxygen atoms in total. The minimum absolute atomic E-state index is 0. The van der Waals surface area contributed by atoms with Crippen molar-refractivity contribution in [2.24, 2.45) is 4.99 Å². The first-order chi connectivity index (χ1) is 23.9. The molecular weight excluding hydrogens is 798 g/mol. The van der Waals surface area contributed by atoms with E-state index in [4.69, 9.17) is 9.72 Å². The molecule has 0 bridgehead atoms. The van der Waals surface area contributed by atoms with Crippen molar-refractivity contribution in [2.75, 3.05) is 4.90 Å². The molecule has 7 aromatic rings. The van der Waals surface area contributed by atoms with Gasteiger partial charge < -0.3 is 14.2 Å². The van der Waals surface area contributed by atoms with E-state index in [1.165, 1.54) is 5.56 Å². The number of fused-ring (bicyclic) bond motifs is 8. The first kappa shape index (κ1) is 31.7. The molecule has 0 N–H and O–H groups in total. The number of aromatic nitrogens is 2. The van der Waals surface area contributed by atoms with Gasteiger partial charge in [0.25, 0.3) is 0 Å². The minimum atomic E-state index is -0.0139. The van der Waals surface area contributed by atoms with Crippen molar-refractivity contribution in [1.82, 2.24) is 9.55 Å². The smallest absolute Gasteiger partial charge is 0.210 e. The van der Waals surface area contributed by atoms with Crippen molar-refractivity contribution < 1.29 is 30.4 Å². The van der Waals surface area contributed by atoms with Crippen LogP contribution < -0.4 is 9.64 Å². The zero-order chi connectivity index (χ0) is 33.1. The van der Waals surface area contributed by atoms with Crippen molar-refractivity contribution in [3.05, 3.63) is 157 Å². The van der Waals surface area contributed by atoms with Crippen LogP contribution >= 0.6 is 0 Å². The number of hydrogen-bond donors (Lipinski definition) is 0. The molecule has 0 aliphatic carbocycles. The van der Waals surface area contributed by atoms with Crippen LogP contribution in [0, 0.1) is 12.1 Å². The number of para-hydroxylation sites is 2. The molecule has 9 rings (SSSR count). The van der Waals surface area contributed by atoms with E-state index in [1.54, 1.807) is 6.20 Å². The fourth-order valence-electron chi connectivity index (χ4n) is 6.66. The Morgan fingerprint density at radius 1 is 0.720 bits per heavy atom. The molecule has 0 radical (unpaired) electrons. The third-order valence-electron chi connectivity index (χ3n) is 9.06. The molecule has 7 heteroatoms. The van der Waals surface area contributed by atoms with Gasteiger partial charge >= 0.3 is 0 Å². The second-order valence-corrected chi connectivity index (χ2v) is 13.2. The summed E-state index contributed by atoms with van der Waals surface area (Å²) in [5.74, 6) is 2.83. The molecule has 5 aromatic carbocycles. The molecule has 246 valence electrons. The number of amidine groups is 1. The maximum Gasteiger partial charge on any atom is 0.210 e. The van der Waals surface area contributed by atoms with E-state index in [0.29, 0.717) is 11.5 Å². The van der Waals surface area contributed by atoms with Crippen LogP contribution in [0.4, 0.5) is 11.4 Å². The number of anilines is 2. The number of ether oxygens (including phenoxy) is 1. The summed E-state index contributed by atoms with van der Waals surface area (Å²) >= 11 is 0. The first-order valence-corrected chi connectivity index (χ1v) is 16.3. The predicted octanol–water partition coefficient (Wildman–Crippen LogP) is 9.83. The van der Waals surface area contributed by atoms with Gasteiger partial charge in [-0.15, -0.1) is 29.7 Å². The summed E-state index contributed by atoms with van der Waals surface area (Å²) in [7, 11) is 0. The molecule has 2 aliphatic rings. The Balaban J connectivity index is 0.00000361. The molecule has 0 saturated carbocycles. The zero-order valence-corrected chi connectivity index (χ0v) is 29.9. The topological polar surface area (TPSA) is 45.7 Å². The van der Waals surface area contributed by atoms with Gasteiger partial charge in [0.1, 0.15) is 5.82 Å². The van der Waals surface area contributed by atoms with Crippen molar-refractivity contribution in [3.63, 3.8) is 0 Å². The summed E-state index contributed by atoms with van der Waals surface area (Å²) < 4.78 is 10.6. The van der Waals surface area contributed by atoms with Crippen molar-refractivity contribution in [2.45, 2.75) is 26.2 Å². The van der Waals surface area contributed by atoms with E-state index in [-0.39, 0.29) is 26.5 Å². The minimum Gasteiger partial charge on any atom is -0.510 e. The Morgan fingerprint density at radius 3 is 2.34 bits per heavy atom. The van der Waals surface area contributed by atoms with Crippen molar-refractivity contribution in [3.8, 4) is 28.4 Å². The van der Waals surface area contributed by atoms with Gasteiger partial charge in [-0.2, -0.15) is 23.2 Å². The Labute approximate surface area is 305 Å². The van der Waals surface area contributed by atoms with Gasteiger partial charge in [0.15, 0.2) is 6.34 Å². The summed E-state index contributed by atoms with van der Waals surface area (Å²) in [4.78, 5) is 11.5. The second-order valence-electron chi connectivity index (χ2n) is 13.2. The maximum atomic E-state index is 6.52. The predicted molar refractivity (Wildman–Crippen MR) is 196 cm³/mol. The van der Waals surface area contributed by atoms with Crippen LogP contribution in [0.1, 0.15) is 31.9 Å². The van der Waals surface area contributed by atoms with E-state index in [2.05, 4.69) is 128 Å². The number of pyridine rings is 1. The van der Waals surface area contributed by atoms with Crippen LogP contribution in [0.3, 0.4) is 0 Å². The summed E-state index contributed by atoms with van der Waals surface area (Å²) in [6.07, 6.45) is 9.16. The molecule has 0 saturated heterocycles. The van der Waals surface area contributed by atoms with Crippen LogP contribution in [-0.2, 0) is 26.5 Å². The molecule has 0 unspecified atom stereocenters. The van der Waals surface area contributed by atoms with Gasteiger partial charge in [-0.05, 0) is 45.7 Å². The number of nitrogens with zero attached hydrogens (tertiary/aromatic N) is 5. The zero-order valence-electron chi connectivity index (χ0n) is 27.7. The number of rotatable bonds is 4. The average molecular weight is 829 g/mol. The molecule has 0 fully saturated rings. The van der Waals surface area contributed by atoms with E-state index in [9.17, 15) is 0 Å². The summed E-state index contributed by atoms with van der Waals surface area (Å²) in [6, 6.07) is 46.4. The monoisotopic (exact) mass is 828 g/mol. The Morgan fingerprint density at radius 2 is 1.48 bits per heavy atom. The molecule has 0 amide bonds. The second kappa shape index (κ2) is 12.4. The van der Waals surface area contributed by atoms with Gasteiger partial charge in [-0.25, -0.2) is 4.98 Å². The van der Waals surface area contributed by atoms with Gasteiger partial charge in [0, 0.05) is 61.7 Å². The molecule has 50 heavy (non-hydrogen) atoms. The van der Waals surface area contributed by atoms with Crippen LogP contribution in [0.15, 0.2) is 139 Å². The molecule has 2 aromatic heterocycles. The standard InChI is InChI=1S/C43H31N5O.Pt/c1-43(2,3)29-21-22-44-41(25-29)48-39-18-9-7-15-35(39)36-20-19-32(27-40(36)48)49-31-12-10-11-30(26-31)47-28-46-24-23-45-42(46)37-16-5-4-13-33(37)34-14-6-8-17-38(34)47;/h4-25H,1-3H3;/q-2;. The van der Waals surface area contributed by atoms with Crippen LogP contribution in [0.5, 0.6) is 11.5 Å². The van der Waals surface area contributed by atoms with Crippen molar-refractivity contribution >= 4 is 45.4 Å². The van der Waals surface area contributed by atoms with Gasteiger partial charge in [0.05, 0.1) is 6.20 Å². The number of hydrogen-bond acceptors (Lipinski definition) is 4. The van der Waals surface area contributed by atoms with Crippen LogP contribution in [0.25, 0.3) is 38.8 Å². The summed E-state index contributed by atoms with van der Waals surface area (Å²) in [5, 5.41) is 2.22. The quantitative estimate of drug-likeness (QED) is 0.131. The molecule has 2 aliphatic heterocycles. The van der Waals surface area contributed by atoms with Gasteiger partial charge in [-0.3, -0.25) is 4.58 Å². The largest absolute Gasteiger partial charge is 0.510 e. The summed E-state index contributed by atoms with van der Waals surface area (Å²) in [6.45, 7) is 6.65. The normalized spacial score (nSPS) is 13.5.